The van der Waals surface area contributed by atoms with E-state index in [-0.39, 0.29) is 6.61 Å². The van der Waals surface area contributed by atoms with Crippen molar-refractivity contribution in [2.75, 3.05) is 19.0 Å². The third kappa shape index (κ3) is 6.18. The second kappa shape index (κ2) is 9.83. The number of hydrogen-bond donors (Lipinski definition) is 1. The van der Waals surface area contributed by atoms with Crippen LogP contribution in [-0.4, -0.2) is 31.7 Å². The Labute approximate surface area is 163 Å². The zero-order valence-corrected chi connectivity index (χ0v) is 16.2. The fraction of sp³-hybridized carbons (Fsp3) is 0.300. The highest BCUT2D eigenvalue weighted by molar-refractivity contribution is 6.31. The minimum Gasteiger partial charge on any atom is -0.495 e. The number of esters is 1. The Balaban J connectivity index is 1.86. The molecule has 0 saturated heterocycles. The molecule has 27 heavy (non-hydrogen) atoms. The van der Waals surface area contributed by atoms with Crippen molar-refractivity contribution in [3.05, 3.63) is 53.1 Å². The summed E-state index contributed by atoms with van der Waals surface area (Å²) >= 11 is 5.93. The van der Waals surface area contributed by atoms with Gasteiger partial charge < -0.3 is 19.5 Å². The highest BCUT2D eigenvalue weighted by Gasteiger charge is 2.19. The van der Waals surface area contributed by atoms with Crippen molar-refractivity contribution in [1.29, 1.82) is 0 Å². The molecule has 0 aromatic heterocycles. The SMILES string of the molecule is CCc1ccc(OCC(=O)O[C@H](C)C(=O)Nc2cc(Cl)ccc2OC)cc1. The lowest BCUT2D eigenvalue weighted by Gasteiger charge is -2.15. The number of nitrogens with one attached hydrogen (secondary N) is 1. The van der Waals surface area contributed by atoms with Crippen LogP contribution in [0.15, 0.2) is 42.5 Å². The van der Waals surface area contributed by atoms with E-state index in [2.05, 4.69) is 12.2 Å². The van der Waals surface area contributed by atoms with Crippen molar-refractivity contribution < 1.29 is 23.8 Å². The molecule has 0 bridgehead atoms. The molecule has 1 N–H and O–H groups in total. The van der Waals surface area contributed by atoms with E-state index < -0.39 is 18.0 Å². The van der Waals surface area contributed by atoms with Crippen molar-refractivity contribution >= 4 is 29.2 Å². The van der Waals surface area contributed by atoms with Gasteiger partial charge in [-0.15, -0.1) is 0 Å². The second-order valence-electron chi connectivity index (χ2n) is 5.75. The van der Waals surface area contributed by atoms with E-state index >= 15 is 0 Å². The molecular weight excluding hydrogens is 370 g/mol. The van der Waals surface area contributed by atoms with Gasteiger partial charge in [-0.3, -0.25) is 4.79 Å². The van der Waals surface area contributed by atoms with Gasteiger partial charge in [0, 0.05) is 5.02 Å². The lowest BCUT2D eigenvalue weighted by molar-refractivity contribution is -0.155. The quantitative estimate of drug-likeness (QED) is 0.691. The third-order valence-corrected chi connectivity index (χ3v) is 4.02. The van der Waals surface area contributed by atoms with E-state index in [0.29, 0.717) is 22.2 Å². The Morgan fingerprint density at radius 2 is 1.85 bits per heavy atom. The number of ether oxygens (including phenoxy) is 3. The van der Waals surface area contributed by atoms with Gasteiger partial charge in [-0.2, -0.15) is 0 Å². The number of rotatable bonds is 8. The van der Waals surface area contributed by atoms with Crippen LogP contribution in [0.25, 0.3) is 0 Å². The van der Waals surface area contributed by atoms with Gasteiger partial charge in [0.2, 0.25) is 0 Å². The van der Waals surface area contributed by atoms with Gasteiger partial charge in [-0.1, -0.05) is 30.7 Å². The number of carbonyl (C=O) groups excluding carboxylic acids is 2. The summed E-state index contributed by atoms with van der Waals surface area (Å²) in [5.41, 5.74) is 1.57. The number of benzene rings is 2. The van der Waals surface area contributed by atoms with E-state index in [4.69, 9.17) is 25.8 Å². The summed E-state index contributed by atoms with van der Waals surface area (Å²) in [7, 11) is 1.48. The van der Waals surface area contributed by atoms with Crippen LogP contribution in [0.3, 0.4) is 0 Å². The fourth-order valence-corrected chi connectivity index (χ4v) is 2.43. The Hall–Kier alpha value is -2.73. The first-order valence-corrected chi connectivity index (χ1v) is 8.86. The smallest absolute Gasteiger partial charge is 0.344 e. The molecule has 2 rings (SSSR count). The van der Waals surface area contributed by atoms with Crippen LogP contribution in [0.1, 0.15) is 19.4 Å². The van der Waals surface area contributed by atoms with Gasteiger partial charge in [-0.25, -0.2) is 4.79 Å². The number of halogens is 1. The number of carbonyl (C=O) groups is 2. The molecule has 0 heterocycles. The summed E-state index contributed by atoms with van der Waals surface area (Å²) in [6.07, 6.45) is -0.0842. The second-order valence-corrected chi connectivity index (χ2v) is 6.19. The molecule has 0 fully saturated rings. The Morgan fingerprint density at radius 3 is 2.48 bits per heavy atom. The summed E-state index contributed by atoms with van der Waals surface area (Å²) in [5.74, 6) is -0.137. The average Bonchev–Trinajstić information content (AvgIpc) is 2.67. The molecule has 6 nitrogen and oxygen atoms in total. The lowest BCUT2D eigenvalue weighted by Crippen LogP contribution is -2.31. The van der Waals surface area contributed by atoms with Gasteiger partial charge in [0.05, 0.1) is 12.8 Å². The molecule has 144 valence electrons. The van der Waals surface area contributed by atoms with E-state index in [9.17, 15) is 9.59 Å². The first-order valence-electron chi connectivity index (χ1n) is 8.48. The van der Waals surface area contributed by atoms with Gasteiger partial charge in [0.1, 0.15) is 11.5 Å². The zero-order valence-electron chi connectivity index (χ0n) is 15.5. The van der Waals surface area contributed by atoms with Gasteiger partial charge in [-0.05, 0) is 49.2 Å². The normalized spacial score (nSPS) is 11.4. The molecule has 0 saturated carbocycles. The van der Waals surface area contributed by atoms with E-state index in [1.165, 1.54) is 19.6 Å². The van der Waals surface area contributed by atoms with Crippen LogP contribution < -0.4 is 14.8 Å². The Kier molecular flexibility index (Phi) is 7.49. The highest BCUT2D eigenvalue weighted by Crippen LogP contribution is 2.27. The molecule has 7 heteroatoms. The molecule has 0 radical (unpaired) electrons. The van der Waals surface area contributed by atoms with Crippen LogP contribution in [0.5, 0.6) is 11.5 Å². The van der Waals surface area contributed by atoms with Crippen LogP contribution in [0.4, 0.5) is 5.69 Å². The van der Waals surface area contributed by atoms with E-state index in [1.54, 1.807) is 30.3 Å². The lowest BCUT2D eigenvalue weighted by atomic mass is 10.2. The first-order chi connectivity index (χ1) is 12.9. The Morgan fingerprint density at radius 1 is 1.15 bits per heavy atom. The number of hydrogen-bond acceptors (Lipinski definition) is 5. The molecule has 0 unspecified atom stereocenters. The van der Waals surface area contributed by atoms with Crippen molar-refractivity contribution in [2.45, 2.75) is 26.4 Å². The van der Waals surface area contributed by atoms with Crippen LogP contribution in [-0.2, 0) is 20.7 Å². The standard InChI is InChI=1S/C20H22ClNO5/c1-4-14-5-8-16(9-6-14)26-12-19(23)27-13(2)20(24)22-17-11-15(21)7-10-18(17)25-3/h5-11,13H,4,12H2,1-3H3,(H,22,24)/t13-/m1/s1. The topological polar surface area (TPSA) is 73.9 Å². The van der Waals surface area contributed by atoms with Crippen LogP contribution in [0.2, 0.25) is 5.02 Å². The molecule has 0 aliphatic rings. The minimum atomic E-state index is -1.01. The van der Waals surface area contributed by atoms with Gasteiger partial charge in [0.25, 0.3) is 5.91 Å². The zero-order chi connectivity index (χ0) is 19.8. The number of anilines is 1. The maximum absolute atomic E-state index is 12.2. The predicted octanol–water partition coefficient (Wildman–Crippen LogP) is 3.86. The summed E-state index contributed by atoms with van der Waals surface area (Å²) in [4.78, 5) is 24.2. The average molecular weight is 392 g/mol. The van der Waals surface area contributed by atoms with Crippen molar-refractivity contribution in [3.63, 3.8) is 0 Å². The predicted molar refractivity (Wildman–Crippen MR) is 104 cm³/mol. The molecule has 0 aliphatic carbocycles. The molecule has 0 aliphatic heterocycles. The van der Waals surface area contributed by atoms with Crippen LogP contribution in [0, 0.1) is 0 Å². The summed E-state index contributed by atoms with van der Waals surface area (Å²) in [6.45, 7) is 3.24. The Bertz CT molecular complexity index is 791. The van der Waals surface area contributed by atoms with Crippen molar-refractivity contribution in [3.8, 4) is 11.5 Å². The van der Waals surface area contributed by atoms with Crippen molar-refractivity contribution in [1.82, 2.24) is 0 Å². The summed E-state index contributed by atoms with van der Waals surface area (Å²) < 4.78 is 15.6. The number of amides is 1. The monoisotopic (exact) mass is 391 g/mol. The summed E-state index contributed by atoms with van der Waals surface area (Å²) in [6, 6.07) is 12.2. The van der Waals surface area contributed by atoms with Gasteiger partial charge in [0.15, 0.2) is 12.7 Å². The van der Waals surface area contributed by atoms with E-state index in [1.807, 2.05) is 12.1 Å². The molecule has 2 aromatic carbocycles. The largest absolute Gasteiger partial charge is 0.495 e. The maximum atomic E-state index is 12.2. The molecule has 2 aromatic rings. The third-order valence-electron chi connectivity index (χ3n) is 3.79. The molecule has 1 amide bonds. The maximum Gasteiger partial charge on any atom is 0.344 e. The van der Waals surface area contributed by atoms with Gasteiger partial charge >= 0.3 is 5.97 Å². The fourth-order valence-electron chi connectivity index (χ4n) is 2.26. The van der Waals surface area contributed by atoms with E-state index in [0.717, 1.165) is 6.42 Å². The minimum absolute atomic E-state index is 0.288. The number of methoxy groups -OCH3 is 1. The molecule has 1 atom stereocenters. The highest BCUT2D eigenvalue weighted by atomic mass is 35.5. The molecular formula is C20H22ClNO5. The van der Waals surface area contributed by atoms with Crippen LogP contribution >= 0.6 is 11.6 Å². The van der Waals surface area contributed by atoms with Crippen molar-refractivity contribution in [2.24, 2.45) is 0 Å². The summed E-state index contributed by atoms with van der Waals surface area (Å²) in [5, 5.41) is 3.07. The number of aryl methyl sites for hydroxylation is 1. The first kappa shape index (κ1) is 20.6. The molecule has 0 spiro atoms.